The summed E-state index contributed by atoms with van der Waals surface area (Å²) in [5, 5.41) is 0. The third-order valence-electron chi connectivity index (χ3n) is 3.49. The van der Waals surface area contributed by atoms with E-state index in [0.29, 0.717) is 16.8 Å². The van der Waals surface area contributed by atoms with Gasteiger partial charge in [0, 0.05) is 11.3 Å². The van der Waals surface area contributed by atoms with Crippen molar-refractivity contribution >= 4 is 27.5 Å². The SMILES string of the molecule is Cc1ccccc1C(=O)O[C@@H](C)C(=O)c1ccc(NS(C)(=O)=O)cc1. The standard InChI is InChI=1S/C18H19NO5S/c1-12-6-4-5-7-16(12)18(21)24-13(2)17(20)14-8-10-15(11-9-14)19-25(3,22)23/h4-11,13,19H,1-3H3/t13-/m0/s1. The highest BCUT2D eigenvalue weighted by atomic mass is 32.2. The van der Waals surface area contributed by atoms with Gasteiger partial charge in [0.2, 0.25) is 15.8 Å². The molecule has 132 valence electrons. The molecule has 0 aliphatic heterocycles. The van der Waals surface area contributed by atoms with Crippen molar-refractivity contribution in [2.24, 2.45) is 0 Å². The molecule has 2 aromatic rings. The van der Waals surface area contributed by atoms with Crippen LogP contribution in [-0.2, 0) is 14.8 Å². The van der Waals surface area contributed by atoms with E-state index < -0.39 is 22.1 Å². The Morgan fingerprint density at radius 3 is 2.20 bits per heavy atom. The van der Waals surface area contributed by atoms with Crippen molar-refractivity contribution in [2.45, 2.75) is 20.0 Å². The van der Waals surface area contributed by atoms with E-state index in [0.717, 1.165) is 11.8 Å². The van der Waals surface area contributed by atoms with Crippen molar-refractivity contribution in [3.05, 3.63) is 65.2 Å². The molecule has 0 saturated heterocycles. The molecule has 2 aromatic carbocycles. The van der Waals surface area contributed by atoms with Crippen LogP contribution in [0.1, 0.15) is 33.2 Å². The fraction of sp³-hybridized carbons (Fsp3) is 0.222. The first-order valence-electron chi connectivity index (χ1n) is 7.56. The van der Waals surface area contributed by atoms with Gasteiger partial charge in [-0.1, -0.05) is 18.2 Å². The van der Waals surface area contributed by atoms with Crippen LogP contribution < -0.4 is 4.72 Å². The number of anilines is 1. The summed E-state index contributed by atoms with van der Waals surface area (Å²) in [4.78, 5) is 24.5. The molecular formula is C18H19NO5S. The first-order valence-corrected chi connectivity index (χ1v) is 9.45. The average Bonchev–Trinajstić information content (AvgIpc) is 2.53. The van der Waals surface area contributed by atoms with E-state index in [9.17, 15) is 18.0 Å². The molecule has 0 unspecified atom stereocenters. The fourth-order valence-electron chi connectivity index (χ4n) is 2.23. The molecule has 0 spiro atoms. The molecule has 0 saturated carbocycles. The molecule has 6 nitrogen and oxygen atoms in total. The van der Waals surface area contributed by atoms with E-state index in [1.54, 1.807) is 25.1 Å². The number of esters is 1. The highest BCUT2D eigenvalue weighted by Gasteiger charge is 2.21. The van der Waals surface area contributed by atoms with E-state index in [1.807, 2.05) is 6.07 Å². The second kappa shape index (κ2) is 7.48. The molecule has 0 bridgehead atoms. The Morgan fingerprint density at radius 1 is 1.04 bits per heavy atom. The van der Waals surface area contributed by atoms with E-state index in [4.69, 9.17) is 4.74 Å². The Hall–Kier alpha value is -2.67. The van der Waals surface area contributed by atoms with E-state index in [1.165, 1.54) is 31.2 Å². The second-order valence-corrected chi connectivity index (χ2v) is 7.43. The molecule has 1 atom stereocenters. The number of Topliss-reactive ketones (excluding diaryl/α,β-unsaturated/α-hetero) is 1. The van der Waals surface area contributed by atoms with E-state index >= 15 is 0 Å². The van der Waals surface area contributed by atoms with Gasteiger partial charge >= 0.3 is 5.97 Å². The van der Waals surface area contributed by atoms with Gasteiger partial charge in [-0.2, -0.15) is 0 Å². The van der Waals surface area contributed by atoms with Crippen LogP contribution in [0.2, 0.25) is 0 Å². The first kappa shape index (κ1) is 18.7. The Morgan fingerprint density at radius 2 is 1.64 bits per heavy atom. The lowest BCUT2D eigenvalue weighted by atomic mass is 10.1. The van der Waals surface area contributed by atoms with Crippen molar-refractivity contribution in [3.63, 3.8) is 0 Å². The van der Waals surface area contributed by atoms with Gasteiger partial charge in [0.15, 0.2) is 6.10 Å². The number of ketones is 1. The zero-order valence-electron chi connectivity index (χ0n) is 14.1. The number of hydrogen-bond donors (Lipinski definition) is 1. The molecular weight excluding hydrogens is 342 g/mol. The molecule has 0 heterocycles. The van der Waals surface area contributed by atoms with Crippen LogP contribution in [-0.4, -0.2) is 32.5 Å². The number of sulfonamides is 1. The quantitative estimate of drug-likeness (QED) is 0.631. The predicted molar refractivity (Wildman–Crippen MR) is 95.3 cm³/mol. The number of ether oxygens (including phenoxy) is 1. The molecule has 0 aromatic heterocycles. The molecule has 7 heteroatoms. The normalized spacial score (nSPS) is 12.3. The summed E-state index contributed by atoms with van der Waals surface area (Å²) in [5.41, 5.74) is 1.85. The Bertz CT molecular complexity index is 888. The smallest absolute Gasteiger partial charge is 0.339 e. The van der Waals surface area contributed by atoms with Gasteiger partial charge in [-0.15, -0.1) is 0 Å². The number of hydrogen-bond acceptors (Lipinski definition) is 5. The minimum absolute atomic E-state index is 0.323. The molecule has 0 radical (unpaired) electrons. The molecule has 0 aliphatic carbocycles. The largest absolute Gasteiger partial charge is 0.451 e. The number of nitrogens with one attached hydrogen (secondary N) is 1. The predicted octanol–water partition coefficient (Wildman–Crippen LogP) is 2.79. The third-order valence-corrected chi connectivity index (χ3v) is 4.10. The van der Waals surface area contributed by atoms with Crippen molar-refractivity contribution in [1.82, 2.24) is 0 Å². The van der Waals surface area contributed by atoms with Crippen LogP contribution in [0.25, 0.3) is 0 Å². The van der Waals surface area contributed by atoms with Crippen LogP contribution in [0.15, 0.2) is 48.5 Å². The summed E-state index contributed by atoms with van der Waals surface area (Å²) in [5.74, 6) is -0.929. The molecule has 0 amide bonds. The van der Waals surface area contributed by atoms with Crippen molar-refractivity contribution in [1.29, 1.82) is 0 Å². The number of benzene rings is 2. The van der Waals surface area contributed by atoms with E-state index in [2.05, 4.69) is 4.72 Å². The van der Waals surface area contributed by atoms with E-state index in [-0.39, 0.29) is 5.78 Å². The van der Waals surface area contributed by atoms with Gasteiger partial charge in [0.1, 0.15) is 0 Å². The second-order valence-electron chi connectivity index (χ2n) is 5.68. The van der Waals surface area contributed by atoms with Gasteiger partial charge in [0.25, 0.3) is 0 Å². The van der Waals surface area contributed by atoms with Gasteiger partial charge in [0.05, 0.1) is 11.8 Å². The zero-order chi connectivity index (χ0) is 18.6. The molecule has 2 rings (SSSR count). The number of aryl methyl sites for hydroxylation is 1. The number of carbonyl (C=O) groups excluding carboxylic acids is 2. The lowest BCUT2D eigenvalue weighted by Gasteiger charge is -2.13. The van der Waals surface area contributed by atoms with Crippen molar-refractivity contribution in [2.75, 3.05) is 11.0 Å². The van der Waals surface area contributed by atoms with Crippen LogP contribution in [0.3, 0.4) is 0 Å². The third kappa shape index (κ3) is 5.15. The van der Waals surface area contributed by atoms with Gasteiger partial charge in [-0.3, -0.25) is 9.52 Å². The summed E-state index contributed by atoms with van der Waals surface area (Å²) in [7, 11) is -3.38. The summed E-state index contributed by atoms with van der Waals surface area (Å²) >= 11 is 0. The Balaban J connectivity index is 2.07. The molecule has 0 aliphatic rings. The van der Waals surface area contributed by atoms with Crippen molar-refractivity contribution in [3.8, 4) is 0 Å². The molecule has 0 fully saturated rings. The fourth-order valence-corrected chi connectivity index (χ4v) is 2.80. The maximum absolute atomic E-state index is 12.4. The zero-order valence-corrected chi connectivity index (χ0v) is 15.0. The van der Waals surface area contributed by atoms with Crippen LogP contribution in [0.4, 0.5) is 5.69 Å². The summed E-state index contributed by atoms with van der Waals surface area (Å²) in [6, 6.07) is 12.9. The monoisotopic (exact) mass is 361 g/mol. The maximum Gasteiger partial charge on any atom is 0.339 e. The van der Waals surface area contributed by atoms with Crippen molar-refractivity contribution < 1.29 is 22.7 Å². The minimum atomic E-state index is -3.38. The summed E-state index contributed by atoms with van der Waals surface area (Å²) < 4.78 is 29.9. The van der Waals surface area contributed by atoms with Crippen LogP contribution in [0.5, 0.6) is 0 Å². The number of rotatable bonds is 6. The Kier molecular flexibility index (Phi) is 5.58. The Labute approximate surface area is 146 Å². The highest BCUT2D eigenvalue weighted by Crippen LogP contribution is 2.15. The number of carbonyl (C=O) groups is 2. The molecule has 25 heavy (non-hydrogen) atoms. The average molecular weight is 361 g/mol. The molecule has 1 N–H and O–H groups in total. The van der Waals surface area contributed by atoms with Crippen LogP contribution >= 0.6 is 0 Å². The van der Waals surface area contributed by atoms with Gasteiger partial charge in [-0.05, 0) is 49.7 Å². The maximum atomic E-state index is 12.4. The summed E-state index contributed by atoms with van der Waals surface area (Å²) in [6.07, 6.45) is 0.0833. The van der Waals surface area contributed by atoms with Gasteiger partial charge in [-0.25, -0.2) is 13.2 Å². The highest BCUT2D eigenvalue weighted by molar-refractivity contribution is 7.92. The topological polar surface area (TPSA) is 89.5 Å². The first-order chi connectivity index (χ1) is 11.7. The van der Waals surface area contributed by atoms with Crippen LogP contribution in [0, 0.1) is 6.92 Å². The lowest BCUT2D eigenvalue weighted by Crippen LogP contribution is -2.24. The minimum Gasteiger partial charge on any atom is -0.451 e. The lowest BCUT2D eigenvalue weighted by molar-refractivity contribution is 0.0318. The summed E-state index contributed by atoms with van der Waals surface area (Å²) in [6.45, 7) is 3.29. The van der Waals surface area contributed by atoms with Gasteiger partial charge < -0.3 is 4.74 Å².